The quantitative estimate of drug-likeness (QED) is 0.765. The summed E-state index contributed by atoms with van der Waals surface area (Å²) >= 11 is 1.29. The number of hydrogen-bond acceptors (Lipinski definition) is 3. The van der Waals surface area contributed by atoms with Gasteiger partial charge in [-0.1, -0.05) is 6.07 Å². The summed E-state index contributed by atoms with van der Waals surface area (Å²) in [6, 6.07) is 4.56. The maximum Gasteiger partial charge on any atom is 0.336 e. The molecule has 0 aliphatic carbocycles. The first-order chi connectivity index (χ1) is 7.04. The van der Waals surface area contributed by atoms with E-state index in [1.807, 2.05) is 0 Å². The first-order valence-electron chi connectivity index (χ1n) is 4.16. The van der Waals surface area contributed by atoms with Crippen molar-refractivity contribution in [2.45, 2.75) is 11.3 Å². The molecule has 0 radical (unpaired) electrons. The average molecular weight is 226 g/mol. The van der Waals surface area contributed by atoms with Crippen molar-refractivity contribution in [2.75, 3.05) is 6.26 Å². The van der Waals surface area contributed by atoms with E-state index in [0.717, 1.165) is 0 Å². The minimum absolute atomic E-state index is 0.0898. The molecule has 1 aromatic rings. The van der Waals surface area contributed by atoms with Gasteiger partial charge in [-0.15, -0.1) is 11.8 Å². The standard InChI is InChI=1S/C10H10O4S/c1-15-8-4-6(5-9(11)12)2-3-7(8)10(13)14/h2-4H,5H2,1H3,(H,11,12)(H,13,14). The molecule has 80 valence electrons. The highest BCUT2D eigenvalue weighted by Crippen LogP contribution is 2.22. The molecule has 1 rings (SSSR count). The third-order valence-corrected chi connectivity index (χ3v) is 2.63. The van der Waals surface area contributed by atoms with E-state index >= 15 is 0 Å². The lowest BCUT2D eigenvalue weighted by Gasteiger charge is -2.05. The summed E-state index contributed by atoms with van der Waals surface area (Å²) in [5.74, 6) is -1.92. The van der Waals surface area contributed by atoms with Gasteiger partial charge >= 0.3 is 11.9 Å². The highest BCUT2D eigenvalue weighted by atomic mass is 32.2. The van der Waals surface area contributed by atoms with Crippen LogP contribution in [0.1, 0.15) is 15.9 Å². The molecule has 1 aromatic carbocycles. The summed E-state index contributed by atoms with van der Waals surface area (Å²) in [4.78, 5) is 21.8. The fourth-order valence-corrected chi connectivity index (χ4v) is 1.84. The van der Waals surface area contributed by atoms with Gasteiger partial charge in [0.05, 0.1) is 12.0 Å². The van der Waals surface area contributed by atoms with Crippen LogP contribution in [0.2, 0.25) is 0 Å². The molecule has 0 aliphatic rings. The Morgan fingerprint density at radius 1 is 1.33 bits per heavy atom. The minimum atomic E-state index is -0.999. The SMILES string of the molecule is CSc1cc(CC(=O)O)ccc1C(=O)O. The number of hydrogen-bond donors (Lipinski definition) is 2. The van der Waals surface area contributed by atoms with E-state index < -0.39 is 11.9 Å². The summed E-state index contributed by atoms with van der Waals surface area (Å²) < 4.78 is 0. The second kappa shape index (κ2) is 4.84. The molecule has 0 aromatic heterocycles. The van der Waals surface area contributed by atoms with Crippen molar-refractivity contribution in [1.82, 2.24) is 0 Å². The number of carboxylic acid groups (broad SMARTS) is 2. The summed E-state index contributed by atoms with van der Waals surface area (Å²) in [6.45, 7) is 0. The number of thioether (sulfide) groups is 1. The van der Waals surface area contributed by atoms with Gasteiger partial charge in [0.15, 0.2) is 0 Å². The molecule has 0 aliphatic heterocycles. The molecule has 0 unspecified atom stereocenters. The van der Waals surface area contributed by atoms with Gasteiger partial charge in [-0.3, -0.25) is 4.79 Å². The molecule has 0 amide bonds. The van der Waals surface area contributed by atoms with Gasteiger partial charge in [0.2, 0.25) is 0 Å². The Hall–Kier alpha value is -1.49. The predicted molar refractivity (Wildman–Crippen MR) is 56.5 cm³/mol. The summed E-state index contributed by atoms with van der Waals surface area (Å²) in [7, 11) is 0. The summed E-state index contributed by atoms with van der Waals surface area (Å²) in [5.41, 5.74) is 0.813. The maximum absolute atomic E-state index is 10.8. The zero-order chi connectivity index (χ0) is 11.4. The van der Waals surface area contributed by atoms with E-state index in [2.05, 4.69) is 0 Å². The number of rotatable bonds is 4. The largest absolute Gasteiger partial charge is 0.481 e. The Morgan fingerprint density at radius 2 is 2.00 bits per heavy atom. The van der Waals surface area contributed by atoms with Crippen LogP contribution in [0.4, 0.5) is 0 Å². The zero-order valence-corrected chi connectivity index (χ0v) is 8.87. The molecule has 4 nitrogen and oxygen atoms in total. The fourth-order valence-electron chi connectivity index (χ4n) is 1.20. The normalized spacial score (nSPS) is 9.93. The molecule has 0 bridgehead atoms. The predicted octanol–water partition coefficient (Wildman–Crippen LogP) is 1.73. The molecule has 0 saturated carbocycles. The summed E-state index contributed by atoms with van der Waals surface area (Å²) in [5, 5.41) is 17.4. The van der Waals surface area contributed by atoms with E-state index in [1.165, 1.54) is 23.9 Å². The van der Waals surface area contributed by atoms with Crippen LogP contribution in [-0.2, 0) is 11.2 Å². The molecule has 0 spiro atoms. The van der Waals surface area contributed by atoms with E-state index in [1.54, 1.807) is 12.3 Å². The number of carboxylic acids is 2. The van der Waals surface area contributed by atoms with Gasteiger partial charge in [0.25, 0.3) is 0 Å². The Morgan fingerprint density at radius 3 is 2.47 bits per heavy atom. The van der Waals surface area contributed by atoms with Gasteiger partial charge in [0.1, 0.15) is 0 Å². The molecule has 0 saturated heterocycles. The van der Waals surface area contributed by atoms with Gasteiger partial charge < -0.3 is 10.2 Å². The first kappa shape index (κ1) is 11.6. The number of aromatic carboxylic acids is 1. The van der Waals surface area contributed by atoms with E-state index in [9.17, 15) is 9.59 Å². The second-order valence-corrected chi connectivity index (χ2v) is 3.76. The minimum Gasteiger partial charge on any atom is -0.481 e. The van der Waals surface area contributed by atoms with Crippen molar-refractivity contribution in [1.29, 1.82) is 0 Å². The first-order valence-corrected chi connectivity index (χ1v) is 5.39. The van der Waals surface area contributed by atoms with Gasteiger partial charge in [-0.2, -0.15) is 0 Å². The third kappa shape index (κ3) is 2.99. The van der Waals surface area contributed by atoms with Crippen LogP contribution in [0.15, 0.2) is 23.1 Å². The monoisotopic (exact) mass is 226 g/mol. The second-order valence-electron chi connectivity index (χ2n) is 2.91. The van der Waals surface area contributed by atoms with Crippen LogP contribution in [0.5, 0.6) is 0 Å². The molecule has 0 heterocycles. The van der Waals surface area contributed by atoms with Gasteiger partial charge in [-0.25, -0.2) is 4.79 Å². The lowest BCUT2D eigenvalue weighted by molar-refractivity contribution is -0.136. The molecular formula is C10H10O4S. The zero-order valence-electron chi connectivity index (χ0n) is 8.06. The molecule has 0 fully saturated rings. The van der Waals surface area contributed by atoms with Crippen molar-refractivity contribution in [2.24, 2.45) is 0 Å². The lowest BCUT2D eigenvalue weighted by atomic mass is 10.1. The van der Waals surface area contributed by atoms with Crippen LogP contribution >= 0.6 is 11.8 Å². The number of aliphatic carboxylic acids is 1. The van der Waals surface area contributed by atoms with Crippen molar-refractivity contribution in [3.63, 3.8) is 0 Å². The molecule has 0 atom stereocenters. The third-order valence-electron chi connectivity index (χ3n) is 1.85. The van der Waals surface area contributed by atoms with Crippen LogP contribution in [0.3, 0.4) is 0 Å². The Kier molecular flexibility index (Phi) is 3.74. The Labute approximate surface area is 90.9 Å². The van der Waals surface area contributed by atoms with Crippen LogP contribution in [0, 0.1) is 0 Å². The van der Waals surface area contributed by atoms with Crippen molar-refractivity contribution >= 4 is 23.7 Å². The number of benzene rings is 1. The van der Waals surface area contributed by atoms with Crippen LogP contribution in [-0.4, -0.2) is 28.4 Å². The van der Waals surface area contributed by atoms with Gasteiger partial charge in [-0.05, 0) is 24.0 Å². The smallest absolute Gasteiger partial charge is 0.336 e. The van der Waals surface area contributed by atoms with E-state index in [4.69, 9.17) is 10.2 Å². The Bertz CT molecular complexity index is 400. The highest BCUT2D eigenvalue weighted by Gasteiger charge is 2.10. The van der Waals surface area contributed by atoms with Crippen LogP contribution in [0.25, 0.3) is 0 Å². The number of carbonyl (C=O) groups is 2. The highest BCUT2D eigenvalue weighted by molar-refractivity contribution is 7.98. The van der Waals surface area contributed by atoms with Gasteiger partial charge in [0, 0.05) is 4.90 Å². The van der Waals surface area contributed by atoms with Crippen molar-refractivity contribution in [3.05, 3.63) is 29.3 Å². The van der Waals surface area contributed by atoms with E-state index in [0.29, 0.717) is 10.5 Å². The molecule has 15 heavy (non-hydrogen) atoms. The van der Waals surface area contributed by atoms with E-state index in [-0.39, 0.29) is 12.0 Å². The average Bonchev–Trinajstić information content (AvgIpc) is 2.16. The van der Waals surface area contributed by atoms with Crippen molar-refractivity contribution in [3.8, 4) is 0 Å². The summed E-state index contributed by atoms with van der Waals surface area (Å²) in [6.07, 6.45) is 1.67. The van der Waals surface area contributed by atoms with Crippen molar-refractivity contribution < 1.29 is 19.8 Å². The molecule has 2 N–H and O–H groups in total. The maximum atomic E-state index is 10.8. The fraction of sp³-hybridized carbons (Fsp3) is 0.200. The van der Waals surface area contributed by atoms with Crippen LogP contribution < -0.4 is 0 Å². The topological polar surface area (TPSA) is 74.6 Å². The molecule has 5 heteroatoms. The Balaban J connectivity index is 3.07. The lowest BCUT2D eigenvalue weighted by Crippen LogP contribution is -2.03. The molecular weight excluding hydrogens is 216 g/mol.